The number of carbonyl (C=O) groups is 1. The smallest absolute Gasteiger partial charge is 0.335 e. The van der Waals surface area contributed by atoms with Gasteiger partial charge >= 0.3 is 5.97 Å². The van der Waals surface area contributed by atoms with Crippen LogP contribution in [-0.4, -0.2) is 24.2 Å². The molecule has 1 fully saturated rings. The molecule has 102 valence electrons. The molecule has 1 saturated heterocycles. The predicted molar refractivity (Wildman–Crippen MR) is 82.5 cm³/mol. The third-order valence-corrected chi connectivity index (χ3v) is 4.11. The van der Waals surface area contributed by atoms with Crippen molar-refractivity contribution in [2.75, 3.05) is 18.0 Å². The van der Waals surface area contributed by atoms with E-state index in [0.29, 0.717) is 11.5 Å². The van der Waals surface area contributed by atoms with Gasteiger partial charge in [-0.1, -0.05) is 46.3 Å². The lowest BCUT2D eigenvalue weighted by Crippen LogP contribution is -2.45. The lowest BCUT2D eigenvalue weighted by atomic mass is 9.91. The summed E-state index contributed by atoms with van der Waals surface area (Å²) in [6.07, 6.45) is 0. The Labute approximate surface area is 126 Å². The number of hydrogen-bond donors (Lipinski definition) is 1. The molecule has 1 N–H and O–H groups in total. The van der Waals surface area contributed by atoms with Gasteiger partial charge in [0.05, 0.1) is 5.56 Å². The molecule has 2 aromatic rings. The molecule has 1 heterocycles. The zero-order chi connectivity index (χ0) is 14.1. The van der Waals surface area contributed by atoms with Gasteiger partial charge in [0.2, 0.25) is 0 Å². The lowest BCUT2D eigenvalue weighted by Gasteiger charge is -2.41. The summed E-state index contributed by atoms with van der Waals surface area (Å²) < 4.78 is 0.801. The molecule has 2 aromatic carbocycles. The summed E-state index contributed by atoms with van der Waals surface area (Å²) in [6, 6.07) is 15.7. The van der Waals surface area contributed by atoms with Crippen LogP contribution in [0.25, 0.3) is 0 Å². The van der Waals surface area contributed by atoms with Crippen LogP contribution in [0.5, 0.6) is 0 Å². The van der Waals surface area contributed by atoms with Crippen LogP contribution in [0, 0.1) is 0 Å². The number of benzene rings is 2. The number of halogens is 1. The average Bonchev–Trinajstić information content (AvgIpc) is 2.37. The topological polar surface area (TPSA) is 40.5 Å². The highest BCUT2D eigenvalue weighted by atomic mass is 79.9. The van der Waals surface area contributed by atoms with Crippen LogP contribution in [-0.2, 0) is 0 Å². The minimum Gasteiger partial charge on any atom is -0.478 e. The zero-order valence-corrected chi connectivity index (χ0v) is 12.4. The van der Waals surface area contributed by atoms with E-state index < -0.39 is 5.97 Å². The Hall–Kier alpha value is -1.81. The highest BCUT2D eigenvalue weighted by Gasteiger charge is 2.28. The Bertz CT molecular complexity index is 636. The third kappa shape index (κ3) is 2.56. The Morgan fingerprint density at radius 1 is 1.15 bits per heavy atom. The summed E-state index contributed by atoms with van der Waals surface area (Å²) in [6.45, 7) is 1.86. The summed E-state index contributed by atoms with van der Waals surface area (Å²) >= 11 is 3.37. The van der Waals surface area contributed by atoms with E-state index in [4.69, 9.17) is 5.11 Å². The Kier molecular flexibility index (Phi) is 3.49. The molecule has 0 spiro atoms. The second kappa shape index (κ2) is 5.29. The summed E-state index contributed by atoms with van der Waals surface area (Å²) in [4.78, 5) is 13.3. The second-order valence-corrected chi connectivity index (χ2v) is 5.93. The van der Waals surface area contributed by atoms with Crippen molar-refractivity contribution in [1.29, 1.82) is 0 Å². The lowest BCUT2D eigenvalue weighted by molar-refractivity contribution is 0.0697. The maximum absolute atomic E-state index is 11.1. The molecule has 3 rings (SSSR count). The molecule has 20 heavy (non-hydrogen) atoms. The fourth-order valence-corrected chi connectivity index (χ4v) is 2.99. The molecule has 0 saturated carbocycles. The van der Waals surface area contributed by atoms with Crippen molar-refractivity contribution in [2.24, 2.45) is 0 Å². The number of carboxylic acids is 1. The van der Waals surface area contributed by atoms with Crippen molar-refractivity contribution in [1.82, 2.24) is 0 Å². The monoisotopic (exact) mass is 331 g/mol. The van der Waals surface area contributed by atoms with Crippen LogP contribution >= 0.6 is 15.9 Å². The molecule has 0 atom stereocenters. The van der Waals surface area contributed by atoms with Crippen LogP contribution in [0.1, 0.15) is 21.8 Å². The highest BCUT2D eigenvalue weighted by molar-refractivity contribution is 9.10. The van der Waals surface area contributed by atoms with E-state index in [0.717, 1.165) is 23.2 Å². The molecule has 3 nitrogen and oxygen atoms in total. The van der Waals surface area contributed by atoms with Crippen molar-refractivity contribution in [2.45, 2.75) is 5.92 Å². The number of carboxylic acid groups (broad SMARTS) is 1. The number of aromatic carboxylic acids is 1. The molecule has 0 bridgehead atoms. The van der Waals surface area contributed by atoms with Crippen molar-refractivity contribution >= 4 is 27.6 Å². The third-order valence-electron chi connectivity index (χ3n) is 3.65. The molecular weight excluding hydrogens is 318 g/mol. The van der Waals surface area contributed by atoms with Crippen LogP contribution < -0.4 is 4.90 Å². The molecule has 0 amide bonds. The van der Waals surface area contributed by atoms with Crippen molar-refractivity contribution in [3.8, 4) is 0 Å². The summed E-state index contributed by atoms with van der Waals surface area (Å²) in [5, 5.41) is 9.10. The molecule has 4 heteroatoms. The van der Waals surface area contributed by atoms with Crippen LogP contribution in [0.4, 0.5) is 5.69 Å². The van der Waals surface area contributed by atoms with Crippen molar-refractivity contribution in [3.05, 3.63) is 64.1 Å². The van der Waals surface area contributed by atoms with E-state index in [2.05, 4.69) is 45.1 Å². The van der Waals surface area contributed by atoms with E-state index in [-0.39, 0.29) is 0 Å². The molecule has 0 aromatic heterocycles. The summed E-state index contributed by atoms with van der Waals surface area (Å²) in [7, 11) is 0. The summed E-state index contributed by atoms with van der Waals surface area (Å²) in [5.74, 6) is -0.365. The Morgan fingerprint density at radius 2 is 1.85 bits per heavy atom. The Balaban J connectivity index is 1.75. The van der Waals surface area contributed by atoms with Crippen LogP contribution in [0.2, 0.25) is 0 Å². The fraction of sp³-hybridized carbons (Fsp3) is 0.188. The summed E-state index contributed by atoms with van der Waals surface area (Å²) in [5.41, 5.74) is 2.62. The first-order chi connectivity index (χ1) is 9.63. The van der Waals surface area contributed by atoms with E-state index >= 15 is 0 Å². The largest absolute Gasteiger partial charge is 0.478 e. The van der Waals surface area contributed by atoms with Crippen molar-refractivity contribution in [3.63, 3.8) is 0 Å². The minimum absolute atomic E-state index is 0.317. The van der Waals surface area contributed by atoms with Crippen LogP contribution in [0.15, 0.2) is 53.0 Å². The first kappa shape index (κ1) is 13.2. The van der Waals surface area contributed by atoms with Gasteiger partial charge in [0.25, 0.3) is 0 Å². The van der Waals surface area contributed by atoms with E-state index in [9.17, 15) is 4.79 Å². The molecular formula is C16H14BrNO2. The van der Waals surface area contributed by atoms with Gasteiger partial charge in [-0.15, -0.1) is 0 Å². The van der Waals surface area contributed by atoms with E-state index in [1.54, 1.807) is 12.1 Å². The van der Waals surface area contributed by atoms with Gasteiger partial charge in [0.15, 0.2) is 0 Å². The molecule has 1 aliphatic rings. The Morgan fingerprint density at radius 3 is 2.50 bits per heavy atom. The molecule has 0 aliphatic carbocycles. The van der Waals surface area contributed by atoms with Gasteiger partial charge in [-0.3, -0.25) is 0 Å². The minimum atomic E-state index is -0.896. The number of hydrogen-bond acceptors (Lipinski definition) is 2. The highest BCUT2D eigenvalue weighted by Crippen LogP contribution is 2.33. The maximum Gasteiger partial charge on any atom is 0.335 e. The average molecular weight is 332 g/mol. The fourth-order valence-electron chi connectivity index (χ4n) is 2.51. The number of nitrogens with zero attached hydrogens (tertiary/aromatic N) is 1. The van der Waals surface area contributed by atoms with Gasteiger partial charge < -0.3 is 10.0 Å². The zero-order valence-electron chi connectivity index (χ0n) is 10.8. The van der Waals surface area contributed by atoms with Gasteiger partial charge in [-0.2, -0.15) is 0 Å². The maximum atomic E-state index is 11.1. The second-order valence-electron chi connectivity index (χ2n) is 5.02. The SMILES string of the molecule is O=C(O)c1cc(Br)cc(N2CC(c3ccccc3)C2)c1. The van der Waals surface area contributed by atoms with Gasteiger partial charge in [0, 0.05) is 29.2 Å². The molecule has 0 radical (unpaired) electrons. The number of anilines is 1. The molecule has 1 aliphatic heterocycles. The van der Waals surface area contributed by atoms with Gasteiger partial charge in [-0.25, -0.2) is 4.79 Å². The first-order valence-electron chi connectivity index (χ1n) is 6.47. The molecule has 0 unspecified atom stereocenters. The van der Waals surface area contributed by atoms with Crippen molar-refractivity contribution < 1.29 is 9.90 Å². The van der Waals surface area contributed by atoms with Gasteiger partial charge in [0.1, 0.15) is 0 Å². The van der Waals surface area contributed by atoms with E-state index in [1.165, 1.54) is 5.56 Å². The quantitative estimate of drug-likeness (QED) is 0.931. The van der Waals surface area contributed by atoms with Gasteiger partial charge in [-0.05, 0) is 23.8 Å². The van der Waals surface area contributed by atoms with Crippen LogP contribution in [0.3, 0.4) is 0 Å². The van der Waals surface area contributed by atoms with E-state index in [1.807, 2.05) is 12.1 Å². The predicted octanol–water partition coefficient (Wildman–Crippen LogP) is 3.75. The standard InChI is InChI=1S/C16H14BrNO2/c17-14-6-12(16(19)20)7-15(8-14)18-9-13(10-18)11-4-2-1-3-5-11/h1-8,13H,9-10H2,(H,19,20). The normalized spacial score (nSPS) is 14.9. The number of rotatable bonds is 3. The first-order valence-corrected chi connectivity index (χ1v) is 7.26.